The standard InChI is InChI=1S/C51H86NO10P/c1-6-8-10-11-12-13-14-15-16-17-18-19-20-21-22-23-24-25-26-31-35-50(55)59-43-47(44-61-63(57,58)60-42-41-52(3,4)5)62-51(56)36-32-28-27-30-33-45-37-40-49(54)48(45)39-38-46(53)34-29-9-7-2/h13-14,16-17,19-20,27,30,37-40,45-48,53H,6-12,15,18,21-26,28-29,31-36,41-44H2,1-5H3/b14-13-,17-16-,20-19-,30-27-,39-38+/t45-,46-,47+,48+/m0/s1. The van der Waals surface area contributed by atoms with Crippen molar-refractivity contribution in [3.8, 4) is 0 Å². The highest BCUT2D eigenvalue weighted by molar-refractivity contribution is 7.45. The summed E-state index contributed by atoms with van der Waals surface area (Å²) in [6.07, 6.45) is 44.1. The van der Waals surface area contributed by atoms with Crippen LogP contribution in [0.1, 0.15) is 162 Å². The Kier molecular flexibility index (Phi) is 34.4. The maximum atomic E-state index is 12.8. The fraction of sp³-hybridized carbons (Fsp3) is 0.706. The number of hydrogen-bond donors (Lipinski definition) is 1. The van der Waals surface area contributed by atoms with Crippen molar-refractivity contribution in [3.63, 3.8) is 0 Å². The van der Waals surface area contributed by atoms with Crippen molar-refractivity contribution in [2.75, 3.05) is 47.5 Å². The molecule has 0 heterocycles. The minimum Gasteiger partial charge on any atom is -0.756 e. The summed E-state index contributed by atoms with van der Waals surface area (Å²) in [4.78, 5) is 50.2. The number of ketones is 1. The average Bonchev–Trinajstić information content (AvgIpc) is 3.59. The van der Waals surface area contributed by atoms with Crippen LogP contribution in [0, 0.1) is 11.8 Å². The number of phosphoric ester groups is 1. The van der Waals surface area contributed by atoms with Gasteiger partial charge in [-0.2, -0.15) is 0 Å². The van der Waals surface area contributed by atoms with Gasteiger partial charge in [-0.05, 0) is 82.6 Å². The van der Waals surface area contributed by atoms with Gasteiger partial charge in [0.05, 0.1) is 33.9 Å². The lowest BCUT2D eigenvalue weighted by atomic mass is 9.90. The van der Waals surface area contributed by atoms with E-state index in [1.54, 1.807) is 12.2 Å². The fourth-order valence-corrected chi connectivity index (χ4v) is 7.50. The number of likely N-dealkylation sites (N-methyl/N-ethyl adjacent to an activating group) is 1. The molecule has 0 aromatic rings. The van der Waals surface area contributed by atoms with E-state index < -0.39 is 38.6 Å². The van der Waals surface area contributed by atoms with Crippen molar-refractivity contribution in [2.24, 2.45) is 11.8 Å². The molecule has 11 nitrogen and oxygen atoms in total. The first-order chi connectivity index (χ1) is 30.3. The molecule has 0 bridgehead atoms. The van der Waals surface area contributed by atoms with Crippen LogP contribution in [0.5, 0.6) is 0 Å². The highest BCUT2D eigenvalue weighted by Crippen LogP contribution is 2.38. The Labute approximate surface area is 382 Å². The van der Waals surface area contributed by atoms with Crippen molar-refractivity contribution in [1.82, 2.24) is 0 Å². The molecule has 0 amide bonds. The Morgan fingerprint density at radius 2 is 1.32 bits per heavy atom. The molecule has 12 heteroatoms. The van der Waals surface area contributed by atoms with E-state index in [9.17, 15) is 28.9 Å². The minimum absolute atomic E-state index is 0.0122. The van der Waals surface area contributed by atoms with Crippen molar-refractivity contribution in [1.29, 1.82) is 0 Å². The molecule has 0 fully saturated rings. The molecule has 0 aliphatic heterocycles. The predicted octanol–water partition coefficient (Wildman–Crippen LogP) is 11.2. The Morgan fingerprint density at radius 1 is 0.746 bits per heavy atom. The number of phosphoric acid groups is 1. The van der Waals surface area contributed by atoms with Gasteiger partial charge in [-0.3, -0.25) is 18.9 Å². The van der Waals surface area contributed by atoms with Gasteiger partial charge in [0.2, 0.25) is 0 Å². The van der Waals surface area contributed by atoms with Crippen molar-refractivity contribution in [3.05, 3.63) is 72.9 Å². The number of aliphatic hydroxyl groups is 1. The van der Waals surface area contributed by atoms with Gasteiger partial charge in [-0.25, -0.2) is 0 Å². The molecule has 1 aliphatic carbocycles. The third-order valence-electron chi connectivity index (χ3n) is 10.7. The van der Waals surface area contributed by atoms with Crippen LogP contribution in [0.15, 0.2) is 72.9 Å². The number of hydrogen-bond acceptors (Lipinski definition) is 10. The Bertz CT molecular complexity index is 1450. The molecule has 63 heavy (non-hydrogen) atoms. The van der Waals surface area contributed by atoms with Gasteiger partial charge in [0, 0.05) is 18.8 Å². The van der Waals surface area contributed by atoms with Gasteiger partial charge in [-0.15, -0.1) is 0 Å². The van der Waals surface area contributed by atoms with Gasteiger partial charge in [0.15, 0.2) is 11.9 Å². The van der Waals surface area contributed by atoms with E-state index in [0.717, 1.165) is 70.6 Å². The Hall–Kier alpha value is -2.92. The molecule has 1 rings (SSSR count). The number of rotatable bonds is 40. The second-order valence-corrected chi connectivity index (χ2v) is 19.2. The number of quaternary nitrogens is 1. The van der Waals surface area contributed by atoms with Gasteiger partial charge < -0.3 is 33.0 Å². The number of unbranched alkanes of at least 4 members (excludes halogenated alkanes) is 13. The van der Waals surface area contributed by atoms with Crippen molar-refractivity contribution >= 4 is 25.5 Å². The molecule has 360 valence electrons. The molecule has 5 atom stereocenters. The number of nitrogens with zero attached hydrogens (tertiary/aromatic N) is 1. The summed E-state index contributed by atoms with van der Waals surface area (Å²) in [5, 5.41) is 10.2. The van der Waals surface area contributed by atoms with E-state index in [-0.39, 0.29) is 43.7 Å². The summed E-state index contributed by atoms with van der Waals surface area (Å²) in [5.74, 6) is -1.25. The first kappa shape index (κ1) is 58.1. The zero-order valence-corrected chi connectivity index (χ0v) is 40.7. The predicted molar refractivity (Wildman–Crippen MR) is 254 cm³/mol. The summed E-state index contributed by atoms with van der Waals surface area (Å²) in [7, 11) is 1.02. The topological polar surface area (TPSA) is 148 Å². The van der Waals surface area contributed by atoms with E-state index in [4.69, 9.17) is 18.5 Å². The van der Waals surface area contributed by atoms with E-state index >= 15 is 0 Å². The lowest BCUT2D eigenvalue weighted by Gasteiger charge is -2.28. The number of ether oxygens (including phenoxy) is 2. The summed E-state index contributed by atoms with van der Waals surface area (Å²) in [6, 6.07) is 0. The zero-order valence-electron chi connectivity index (χ0n) is 39.8. The van der Waals surface area contributed by atoms with Crippen LogP contribution >= 0.6 is 7.82 Å². The van der Waals surface area contributed by atoms with Gasteiger partial charge in [0.1, 0.15) is 19.8 Å². The van der Waals surface area contributed by atoms with E-state index in [1.165, 1.54) is 32.1 Å². The van der Waals surface area contributed by atoms with E-state index in [1.807, 2.05) is 45.4 Å². The lowest BCUT2D eigenvalue weighted by molar-refractivity contribution is -0.870. The SMILES string of the molecule is CCCCCC/C=C\C/C=C\C/C=C\CCCCCCCCC(=O)OC[C@H](COP(=O)([O-])OCC[N+](C)(C)C)OC(=O)CCC/C=C\C[C@H]1C=CC(=O)[C@@H]1/C=C/[C@@H](O)CCCCC. The Balaban J connectivity index is 2.42. The van der Waals surface area contributed by atoms with Gasteiger partial charge in [-0.1, -0.05) is 145 Å². The average molecular weight is 904 g/mol. The van der Waals surface area contributed by atoms with Crippen LogP contribution in [0.25, 0.3) is 0 Å². The molecule has 1 aliphatic rings. The van der Waals surface area contributed by atoms with Crippen LogP contribution in [-0.2, 0) is 37.5 Å². The first-order valence-corrected chi connectivity index (χ1v) is 25.7. The molecular weight excluding hydrogens is 818 g/mol. The normalized spacial score (nSPS) is 17.9. The first-order valence-electron chi connectivity index (χ1n) is 24.2. The van der Waals surface area contributed by atoms with Crippen LogP contribution < -0.4 is 4.89 Å². The second-order valence-electron chi connectivity index (χ2n) is 17.8. The zero-order chi connectivity index (χ0) is 46.4. The molecular formula is C51H86NO10P. The lowest BCUT2D eigenvalue weighted by Crippen LogP contribution is -2.37. The number of carbonyl (C=O) groups excluding carboxylic acids is 3. The summed E-state index contributed by atoms with van der Waals surface area (Å²) >= 11 is 0. The van der Waals surface area contributed by atoms with Crippen molar-refractivity contribution < 1.29 is 52.0 Å². The summed E-state index contributed by atoms with van der Waals surface area (Å²) < 4.78 is 33.9. The molecule has 0 saturated heterocycles. The van der Waals surface area contributed by atoms with Gasteiger partial charge in [0.25, 0.3) is 7.82 Å². The molecule has 0 aromatic heterocycles. The number of allylic oxidation sites excluding steroid dienone is 11. The monoisotopic (exact) mass is 904 g/mol. The van der Waals surface area contributed by atoms with Crippen LogP contribution in [0.2, 0.25) is 0 Å². The number of esters is 2. The summed E-state index contributed by atoms with van der Waals surface area (Å²) in [6.45, 7) is 3.85. The minimum atomic E-state index is -4.69. The van der Waals surface area contributed by atoms with E-state index in [2.05, 4.69) is 50.3 Å². The second kappa shape index (κ2) is 37.3. The van der Waals surface area contributed by atoms with Gasteiger partial charge >= 0.3 is 11.9 Å². The van der Waals surface area contributed by atoms with Crippen molar-refractivity contribution in [2.45, 2.75) is 174 Å². The molecule has 0 spiro atoms. The van der Waals surface area contributed by atoms with Crippen LogP contribution in [-0.4, -0.2) is 87.0 Å². The van der Waals surface area contributed by atoms with Crippen LogP contribution in [0.3, 0.4) is 0 Å². The smallest absolute Gasteiger partial charge is 0.306 e. The molecule has 0 radical (unpaired) electrons. The van der Waals surface area contributed by atoms with E-state index in [0.29, 0.717) is 43.1 Å². The third kappa shape index (κ3) is 35.1. The third-order valence-corrected chi connectivity index (χ3v) is 11.7. The number of aliphatic hydroxyl groups excluding tert-OH is 1. The largest absolute Gasteiger partial charge is 0.756 e. The summed E-state index contributed by atoms with van der Waals surface area (Å²) in [5.41, 5.74) is 0. The Morgan fingerprint density at radius 3 is 1.98 bits per heavy atom. The number of carbonyl (C=O) groups is 3. The highest BCUT2D eigenvalue weighted by atomic mass is 31.2. The molecule has 1 unspecified atom stereocenters. The van der Waals surface area contributed by atoms with Crippen LogP contribution in [0.4, 0.5) is 0 Å². The maximum absolute atomic E-state index is 12.8. The molecule has 0 aromatic carbocycles. The maximum Gasteiger partial charge on any atom is 0.306 e. The highest BCUT2D eigenvalue weighted by Gasteiger charge is 2.27. The fourth-order valence-electron chi connectivity index (χ4n) is 6.77. The quantitative estimate of drug-likeness (QED) is 0.0207. The molecule has 1 N–H and O–H groups in total. The molecule has 0 saturated carbocycles.